The summed E-state index contributed by atoms with van der Waals surface area (Å²) in [5.74, 6) is 2.06. The van der Waals surface area contributed by atoms with E-state index in [1.165, 1.54) is 12.1 Å². The highest BCUT2D eigenvalue weighted by molar-refractivity contribution is 5.82. The number of carbonyl (C=O) groups excluding carboxylic acids is 1. The van der Waals surface area contributed by atoms with Crippen molar-refractivity contribution in [2.24, 2.45) is 35.0 Å². The molecule has 1 aromatic carbocycles. The van der Waals surface area contributed by atoms with Crippen LogP contribution >= 0.6 is 0 Å². The quantitative estimate of drug-likeness (QED) is 0.537. The zero-order valence-electron chi connectivity index (χ0n) is 22.7. The second kappa shape index (κ2) is 10.2. The molecule has 7 nitrogen and oxygen atoms in total. The molecule has 0 unspecified atom stereocenters. The SMILES string of the molecule is CC(C)[C@@H]1[C@H](CO)ON(Cc2cccc(N3CCNCC3)c2)[C@@H]1C(=O)N[C@H]1C[C@H]2C[C@@H]([C@@H]1C)C2(C)C. The topological polar surface area (TPSA) is 77.1 Å². The van der Waals surface area contributed by atoms with Crippen molar-refractivity contribution >= 4 is 11.6 Å². The molecular formula is C29H46N4O3. The molecule has 2 saturated heterocycles. The number of anilines is 1. The molecule has 5 fully saturated rings. The minimum absolute atomic E-state index is 0.0545. The second-order valence-corrected chi connectivity index (χ2v) is 12.6. The largest absolute Gasteiger partial charge is 0.394 e. The van der Waals surface area contributed by atoms with E-state index in [2.05, 4.69) is 74.4 Å². The first kappa shape index (κ1) is 26.0. The Balaban J connectivity index is 1.33. The average Bonchev–Trinajstić information content (AvgIpc) is 3.24. The number of hydrogen-bond donors (Lipinski definition) is 3. The summed E-state index contributed by atoms with van der Waals surface area (Å²) in [6, 6.07) is 8.39. The molecule has 2 heterocycles. The first-order valence-electron chi connectivity index (χ1n) is 14.1. The Labute approximate surface area is 216 Å². The number of rotatable bonds is 7. The van der Waals surface area contributed by atoms with Gasteiger partial charge in [-0.1, -0.05) is 46.8 Å². The zero-order valence-corrected chi connectivity index (χ0v) is 22.7. The highest BCUT2D eigenvalue weighted by Crippen LogP contribution is 2.61. The number of aliphatic hydroxyl groups is 1. The fourth-order valence-corrected chi connectivity index (χ4v) is 7.66. The van der Waals surface area contributed by atoms with Crippen LogP contribution < -0.4 is 15.5 Å². The molecule has 2 aliphatic heterocycles. The maximum absolute atomic E-state index is 13.9. The van der Waals surface area contributed by atoms with Crippen LogP contribution in [0.25, 0.3) is 0 Å². The summed E-state index contributed by atoms with van der Waals surface area (Å²) in [5, 5.41) is 18.9. The Morgan fingerprint density at radius 2 is 2.00 bits per heavy atom. The highest BCUT2D eigenvalue weighted by Gasteiger charge is 2.57. The molecule has 3 saturated carbocycles. The minimum atomic E-state index is -0.413. The van der Waals surface area contributed by atoms with Gasteiger partial charge in [0.2, 0.25) is 5.91 Å². The molecule has 36 heavy (non-hydrogen) atoms. The summed E-state index contributed by atoms with van der Waals surface area (Å²) in [6.45, 7) is 15.8. The molecule has 3 N–H and O–H groups in total. The van der Waals surface area contributed by atoms with Crippen molar-refractivity contribution < 1.29 is 14.7 Å². The summed E-state index contributed by atoms with van der Waals surface area (Å²) in [7, 11) is 0. The van der Waals surface area contributed by atoms with Gasteiger partial charge in [-0.3, -0.25) is 9.63 Å². The number of fused-ring (bicyclic) bond motifs is 2. The monoisotopic (exact) mass is 498 g/mol. The molecule has 0 spiro atoms. The molecule has 200 valence electrons. The molecule has 6 rings (SSSR count). The van der Waals surface area contributed by atoms with Crippen molar-refractivity contribution in [3.05, 3.63) is 29.8 Å². The number of benzene rings is 1. The molecule has 3 aliphatic carbocycles. The third-order valence-corrected chi connectivity index (χ3v) is 10.0. The number of piperazine rings is 1. The van der Waals surface area contributed by atoms with Crippen LogP contribution in [0.15, 0.2) is 24.3 Å². The fraction of sp³-hybridized carbons (Fsp3) is 0.759. The summed E-state index contributed by atoms with van der Waals surface area (Å²) < 4.78 is 0. The van der Waals surface area contributed by atoms with Gasteiger partial charge < -0.3 is 20.6 Å². The summed E-state index contributed by atoms with van der Waals surface area (Å²) in [6.07, 6.45) is 1.99. The number of nitrogens with zero attached hydrogens (tertiary/aromatic N) is 2. The van der Waals surface area contributed by atoms with Gasteiger partial charge in [0.15, 0.2) is 0 Å². The predicted molar refractivity (Wildman–Crippen MR) is 142 cm³/mol. The lowest BCUT2D eigenvalue weighted by Gasteiger charge is -2.62. The molecule has 0 radical (unpaired) electrons. The maximum Gasteiger partial charge on any atom is 0.240 e. The standard InChI is InChI=1S/C29H46N4O3/c1-18(2)26-25(17-34)36-33(16-20-7-6-8-22(13-20)32-11-9-30-10-12-32)27(26)28(35)31-24-15-21-14-23(19(24)3)29(21,4)5/h6-8,13,18-19,21,23-27,30,34H,9-12,14-17H2,1-5H3,(H,31,35)/t19-,21+,23-,24-,25-,26+,27-/m0/s1. The summed E-state index contributed by atoms with van der Waals surface area (Å²) in [4.78, 5) is 22.6. The van der Waals surface area contributed by atoms with Crippen molar-refractivity contribution in [3.63, 3.8) is 0 Å². The number of amides is 1. The smallest absolute Gasteiger partial charge is 0.240 e. The highest BCUT2D eigenvalue weighted by atomic mass is 16.7. The van der Waals surface area contributed by atoms with Crippen LogP contribution in [0.4, 0.5) is 5.69 Å². The molecule has 2 bridgehead atoms. The fourth-order valence-electron chi connectivity index (χ4n) is 7.66. The van der Waals surface area contributed by atoms with Crippen LogP contribution in [0.5, 0.6) is 0 Å². The second-order valence-electron chi connectivity index (χ2n) is 12.6. The van der Waals surface area contributed by atoms with E-state index >= 15 is 0 Å². The van der Waals surface area contributed by atoms with Gasteiger partial charge in [0, 0.05) is 43.8 Å². The molecular weight excluding hydrogens is 452 g/mol. The minimum Gasteiger partial charge on any atom is -0.394 e. The first-order chi connectivity index (χ1) is 17.2. The van der Waals surface area contributed by atoms with E-state index in [1.54, 1.807) is 0 Å². The normalized spacial score (nSPS) is 36.1. The van der Waals surface area contributed by atoms with Crippen molar-refractivity contribution in [2.75, 3.05) is 37.7 Å². The Morgan fingerprint density at radius 1 is 1.25 bits per heavy atom. The van der Waals surface area contributed by atoms with Gasteiger partial charge in [0.25, 0.3) is 0 Å². The number of carbonyl (C=O) groups is 1. The van der Waals surface area contributed by atoms with Gasteiger partial charge in [-0.15, -0.1) is 0 Å². The van der Waals surface area contributed by atoms with Crippen molar-refractivity contribution in [2.45, 2.75) is 72.2 Å². The van der Waals surface area contributed by atoms with E-state index in [0.29, 0.717) is 29.7 Å². The average molecular weight is 499 g/mol. The van der Waals surface area contributed by atoms with Crippen LogP contribution in [0.1, 0.15) is 53.0 Å². The number of hydroxylamine groups is 2. The molecule has 7 atom stereocenters. The molecule has 5 aliphatic rings. The van der Waals surface area contributed by atoms with Gasteiger partial charge in [-0.05, 0) is 59.6 Å². The Kier molecular flexibility index (Phi) is 7.38. The van der Waals surface area contributed by atoms with Crippen LogP contribution in [0.3, 0.4) is 0 Å². The number of nitrogens with one attached hydrogen (secondary N) is 2. The first-order valence-corrected chi connectivity index (χ1v) is 14.1. The van der Waals surface area contributed by atoms with Crippen LogP contribution in [-0.4, -0.2) is 67.1 Å². The van der Waals surface area contributed by atoms with Crippen molar-refractivity contribution in [1.82, 2.24) is 15.7 Å². The van der Waals surface area contributed by atoms with E-state index in [4.69, 9.17) is 4.84 Å². The lowest BCUT2D eigenvalue weighted by Crippen LogP contribution is -2.62. The number of aliphatic hydroxyl groups excluding tert-OH is 1. The lowest BCUT2D eigenvalue weighted by atomic mass is 9.45. The molecule has 1 aromatic rings. The molecule has 1 amide bonds. The van der Waals surface area contributed by atoms with E-state index < -0.39 is 6.04 Å². The van der Waals surface area contributed by atoms with Gasteiger partial charge in [-0.2, -0.15) is 5.06 Å². The van der Waals surface area contributed by atoms with Gasteiger partial charge in [0.1, 0.15) is 12.1 Å². The van der Waals surface area contributed by atoms with Gasteiger partial charge in [-0.25, -0.2) is 0 Å². The zero-order chi connectivity index (χ0) is 25.6. The van der Waals surface area contributed by atoms with Crippen LogP contribution in [0.2, 0.25) is 0 Å². The molecule has 0 aromatic heterocycles. The maximum atomic E-state index is 13.9. The van der Waals surface area contributed by atoms with E-state index in [-0.39, 0.29) is 36.5 Å². The summed E-state index contributed by atoms with van der Waals surface area (Å²) in [5.41, 5.74) is 2.73. The number of hydrogen-bond acceptors (Lipinski definition) is 6. The predicted octanol–water partition coefficient (Wildman–Crippen LogP) is 3.03. The van der Waals surface area contributed by atoms with E-state index in [1.807, 2.05) is 5.06 Å². The van der Waals surface area contributed by atoms with Crippen molar-refractivity contribution in [1.29, 1.82) is 0 Å². The van der Waals surface area contributed by atoms with Gasteiger partial charge in [0.05, 0.1) is 13.2 Å². The third kappa shape index (κ3) is 4.68. The Morgan fingerprint density at radius 3 is 2.64 bits per heavy atom. The van der Waals surface area contributed by atoms with Crippen LogP contribution in [-0.2, 0) is 16.2 Å². The van der Waals surface area contributed by atoms with E-state index in [0.717, 1.165) is 38.2 Å². The Bertz CT molecular complexity index is 931. The third-order valence-electron chi connectivity index (χ3n) is 10.0. The van der Waals surface area contributed by atoms with Gasteiger partial charge >= 0.3 is 0 Å². The lowest BCUT2D eigenvalue weighted by molar-refractivity contribution is -0.183. The van der Waals surface area contributed by atoms with Crippen molar-refractivity contribution in [3.8, 4) is 0 Å². The van der Waals surface area contributed by atoms with E-state index in [9.17, 15) is 9.90 Å². The molecule has 7 heteroatoms. The Hall–Kier alpha value is -1.67. The summed E-state index contributed by atoms with van der Waals surface area (Å²) >= 11 is 0. The van der Waals surface area contributed by atoms with Crippen LogP contribution in [0, 0.1) is 35.0 Å².